The molecule has 0 rings (SSSR count). The van der Waals surface area contributed by atoms with Gasteiger partial charge >= 0.3 is 17.9 Å². The second-order valence-electron chi connectivity index (χ2n) is 3.37. The van der Waals surface area contributed by atoms with Gasteiger partial charge in [0, 0.05) is 12.7 Å². The van der Waals surface area contributed by atoms with Gasteiger partial charge in [0.1, 0.15) is 6.61 Å². The molecule has 0 aliphatic carbocycles. The zero-order chi connectivity index (χ0) is 14.7. The molecule has 7 nitrogen and oxygen atoms in total. The topological polar surface area (TPSA) is 88.1 Å². The van der Waals surface area contributed by atoms with E-state index in [0.717, 1.165) is 0 Å². The molecule has 0 bridgehead atoms. The highest BCUT2D eigenvalue weighted by atomic mass is 16.6. The van der Waals surface area contributed by atoms with Crippen molar-refractivity contribution in [2.24, 2.45) is 0 Å². The van der Waals surface area contributed by atoms with Gasteiger partial charge in [-0.15, -0.1) is 0 Å². The van der Waals surface area contributed by atoms with Crippen LogP contribution in [0.1, 0.15) is 13.3 Å². The molecular weight excluding hydrogens is 256 g/mol. The molecule has 0 N–H and O–H groups in total. The summed E-state index contributed by atoms with van der Waals surface area (Å²) in [6, 6.07) is 0. The summed E-state index contributed by atoms with van der Waals surface area (Å²) >= 11 is 0. The lowest BCUT2D eigenvalue weighted by atomic mass is 10.2. The van der Waals surface area contributed by atoms with E-state index >= 15 is 0 Å². The smallest absolute Gasteiger partial charge is 0.344 e. The molecule has 0 spiro atoms. The molecule has 0 aromatic heterocycles. The van der Waals surface area contributed by atoms with Crippen LogP contribution in [0.5, 0.6) is 0 Å². The van der Waals surface area contributed by atoms with Gasteiger partial charge < -0.3 is 18.9 Å². The fourth-order valence-electron chi connectivity index (χ4n) is 0.965. The summed E-state index contributed by atoms with van der Waals surface area (Å²) < 4.78 is 18.6. The molecule has 0 aromatic carbocycles. The van der Waals surface area contributed by atoms with Crippen LogP contribution in [0.3, 0.4) is 0 Å². The van der Waals surface area contributed by atoms with Crippen LogP contribution >= 0.6 is 0 Å². The number of carbonyl (C=O) groups is 3. The third kappa shape index (κ3) is 8.78. The van der Waals surface area contributed by atoms with Gasteiger partial charge in [0.25, 0.3) is 0 Å². The van der Waals surface area contributed by atoms with Gasteiger partial charge in [-0.3, -0.25) is 4.79 Å². The quantitative estimate of drug-likeness (QED) is 0.257. The van der Waals surface area contributed by atoms with Crippen molar-refractivity contribution in [2.75, 3.05) is 33.5 Å². The van der Waals surface area contributed by atoms with Crippen LogP contribution < -0.4 is 0 Å². The Morgan fingerprint density at radius 3 is 2.26 bits per heavy atom. The van der Waals surface area contributed by atoms with Crippen molar-refractivity contribution in [1.82, 2.24) is 0 Å². The number of ether oxygens (including phenoxy) is 4. The van der Waals surface area contributed by atoms with Crippen molar-refractivity contribution in [3.8, 4) is 0 Å². The maximum atomic E-state index is 11.4. The largest absolute Gasteiger partial charge is 0.463 e. The number of carbonyl (C=O) groups excluding carboxylic acids is 3. The minimum Gasteiger partial charge on any atom is -0.463 e. The van der Waals surface area contributed by atoms with Gasteiger partial charge in [0.2, 0.25) is 0 Å². The molecule has 0 saturated carbocycles. The zero-order valence-electron chi connectivity index (χ0n) is 11.1. The highest BCUT2D eigenvalue weighted by molar-refractivity contribution is 5.94. The minimum absolute atomic E-state index is 0.0910. The Morgan fingerprint density at radius 2 is 1.68 bits per heavy atom. The highest BCUT2D eigenvalue weighted by Gasteiger charge is 2.15. The van der Waals surface area contributed by atoms with Crippen LogP contribution in [-0.4, -0.2) is 51.4 Å². The predicted octanol–water partition coefficient (Wildman–Crippen LogP) is 0.229. The third-order valence-corrected chi connectivity index (χ3v) is 1.82. The van der Waals surface area contributed by atoms with E-state index in [9.17, 15) is 14.4 Å². The normalized spacial score (nSPS) is 9.58. The Balaban J connectivity index is 3.90. The average Bonchev–Trinajstić information content (AvgIpc) is 2.36. The maximum Gasteiger partial charge on any atom is 0.344 e. The lowest BCUT2D eigenvalue weighted by Crippen LogP contribution is -2.19. The fraction of sp³-hybridized carbons (Fsp3) is 0.583. The SMILES string of the molecule is C=C(CC(=O)OCCOC)C(=O)OCC(=O)OCC. The molecule has 0 saturated heterocycles. The molecule has 0 unspecified atom stereocenters. The van der Waals surface area contributed by atoms with Crippen LogP contribution in [0.25, 0.3) is 0 Å². The summed E-state index contributed by atoms with van der Waals surface area (Å²) in [7, 11) is 1.47. The average molecular weight is 274 g/mol. The molecule has 19 heavy (non-hydrogen) atoms. The van der Waals surface area contributed by atoms with Crippen molar-refractivity contribution in [1.29, 1.82) is 0 Å². The van der Waals surface area contributed by atoms with Crippen LogP contribution in [0.4, 0.5) is 0 Å². The number of hydrogen-bond acceptors (Lipinski definition) is 7. The van der Waals surface area contributed by atoms with E-state index in [2.05, 4.69) is 20.8 Å². The van der Waals surface area contributed by atoms with Crippen molar-refractivity contribution < 1.29 is 33.3 Å². The first-order valence-electron chi connectivity index (χ1n) is 5.66. The summed E-state index contributed by atoms with van der Waals surface area (Å²) in [5.74, 6) is -2.11. The second-order valence-corrected chi connectivity index (χ2v) is 3.37. The number of hydrogen-bond donors (Lipinski definition) is 0. The number of rotatable bonds is 9. The first-order valence-corrected chi connectivity index (χ1v) is 5.66. The monoisotopic (exact) mass is 274 g/mol. The Labute approximate surface area is 111 Å². The zero-order valence-corrected chi connectivity index (χ0v) is 11.1. The number of methoxy groups -OCH3 is 1. The van der Waals surface area contributed by atoms with Crippen LogP contribution in [0.15, 0.2) is 12.2 Å². The molecule has 0 heterocycles. The molecule has 0 amide bonds. The molecule has 0 atom stereocenters. The van der Waals surface area contributed by atoms with E-state index in [1.54, 1.807) is 6.92 Å². The Morgan fingerprint density at radius 1 is 1.00 bits per heavy atom. The molecule has 0 aliphatic rings. The molecule has 108 valence electrons. The summed E-state index contributed by atoms with van der Waals surface area (Å²) in [6.07, 6.45) is -0.300. The van der Waals surface area contributed by atoms with E-state index in [-0.39, 0.29) is 31.8 Å². The van der Waals surface area contributed by atoms with Crippen molar-refractivity contribution in [3.05, 3.63) is 12.2 Å². The molecule has 7 heteroatoms. The molecule has 0 aromatic rings. The Hall–Kier alpha value is -1.89. The molecule has 0 fully saturated rings. The third-order valence-electron chi connectivity index (χ3n) is 1.82. The Kier molecular flexibility index (Phi) is 9.07. The number of esters is 3. The lowest BCUT2D eigenvalue weighted by molar-refractivity contribution is -0.156. The summed E-state index contributed by atoms with van der Waals surface area (Å²) in [4.78, 5) is 33.5. The van der Waals surface area contributed by atoms with E-state index in [0.29, 0.717) is 0 Å². The summed E-state index contributed by atoms with van der Waals surface area (Å²) in [5, 5.41) is 0. The van der Waals surface area contributed by atoms with Crippen molar-refractivity contribution in [2.45, 2.75) is 13.3 Å². The first kappa shape index (κ1) is 17.1. The van der Waals surface area contributed by atoms with Crippen LogP contribution in [0.2, 0.25) is 0 Å². The van der Waals surface area contributed by atoms with Gasteiger partial charge in [-0.2, -0.15) is 0 Å². The second kappa shape index (κ2) is 10.1. The fourth-order valence-corrected chi connectivity index (χ4v) is 0.965. The molecular formula is C12H18O7. The van der Waals surface area contributed by atoms with Crippen LogP contribution in [-0.2, 0) is 33.3 Å². The van der Waals surface area contributed by atoms with E-state index < -0.39 is 24.5 Å². The summed E-state index contributed by atoms with van der Waals surface area (Å²) in [6.45, 7) is 5.08. The van der Waals surface area contributed by atoms with Gasteiger partial charge in [-0.25, -0.2) is 9.59 Å². The van der Waals surface area contributed by atoms with Crippen molar-refractivity contribution in [3.63, 3.8) is 0 Å². The van der Waals surface area contributed by atoms with Gasteiger partial charge in [0.05, 0.1) is 19.6 Å². The molecule has 0 radical (unpaired) electrons. The molecule has 0 aliphatic heterocycles. The van der Waals surface area contributed by atoms with Crippen LogP contribution in [0, 0.1) is 0 Å². The standard InChI is InChI=1S/C12H18O7/c1-4-17-11(14)8-19-12(15)9(2)7-10(13)18-6-5-16-3/h2,4-8H2,1,3H3. The Bertz CT molecular complexity index is 335. The van der Waals surface area contributed by atoms with E-state index in [1.807, 2.05) is 0 Å². The summed E-state index contributed by atoms with van der Waals surface area (Å²) in [5.41, 5.74) is -0.0910. The minimum atomic E-state index is -0.836. The first-order chi connectivity index (χ1) is 9.01. The van der Waals surface area contributed by atoms with E-state index in [4.69, 9.17) is 4.74 Å². The van der Waals surface area contributed by atoms with E-state index in [1.165, 1.54) is 7.11 Å². The van der Waals surface area contributed by atoms with Gasteiger partial charge in [-0.1, -0.05) is 6.58 Å². The maximum absolute atomic E-state index is 11.4. The lowest BCUT2D eigenvalue weighted by Gasteiger charge is -2.07. The van der Waals surface area contributed by atoms with Crippen molar-refractivity contribution >= 4 is 17.9 Å². The predicted molar refractivity (Wildman–Crippen MR) is 64.2 cm³/mol. The highest BCUT2D eigenvalue weighted by Crippen LogP contribution is 2.03. The van der Waals surface area contributed by atoms with Gasteiger partial charge in [0.15, 0.2) is 6.61 Å². The van der Waals surface area contributed by atoms with Gasteiger partial charge in [-0.05, 0) is 6.92 Å².